The molecule has 18 heteroatoms. The molecule has 6 rings (SSSR count). The van der Waals surface area contributed by atoms with Crippen molar-refractivity contribution < 1.29 is 47.5 Å². The summed E-state index contributed by atoms with van der Waals surface area (Å²) in [5.41, 5.74) is 1.20. The molecule has 0 saturated carbocycles. The fraction of sp³-hybridized carbons (Fsp3) is 0.444. The Morgan fingerprint density at radius 3 is 2.24 bits per heavy atom. The van der Waals surface area contributed by atoms with Gasteiger partial charge in [-0.1, -0.05) is 49.4 Å². The van der Waals surface area contributed by atoms with E-state index in [1.807, 2.05) is 43.3 Å². The maximum absolute atomic E-state index is 15.0. The molecule has 4 heterocycles. The van der Waals surface area contributed by atoms with Gasteiger partial charge in [0, 0.05) is 65.4 Å². The molecular weight excluding hydrogens is 816 g/mol. The molecule has 3 saturated heterocycles. The topological polar surface area (TPSA) is 208 Å². The van der Waals surface area contributed by atoms with Crippen LogP contribution in [0, 0.1) is 5.82 Å². The first-order valence-corrected chi connectivity index (χ1v) is 21.0. The van der Waals surface area contributed by atoms with Gasteiger partial charge < -0.3 is 40.3 Å². The number of amides is 6. The lowest BCUT2D eigenvalue weighted by molar-refractivity contribution is -0.156. The Labute approximate surface area is 364 Å². The van der Waals surface area contributed by atoms with Gasteiger partial charge in [0.25, 0.3) is 5.91 Å². The van der Waals surface area contributed by atoms with E-state index in [0.29, 0.717) is 12.0 Å². The van der Waals surface area contributed by atoms with E-state index in [4.69, 9.17) is 4.74 Å². The van der Waals surface area contributed by atoms with Crippen molar-refractivity contribution in [3.05, 3.63) is 95.6 Å². The molecule has 3 N–H and O–H groups in total. The number of carbonyl (C=O) groups excluding carboxylic acids is 8. The van der Waals surface area contributed by atoms with Crippen LogP contribution in [0.2, 0.25) is 0 Å². The number of pyridine rings is 1. The fourth-order valence-corrected chi connectivity index (χ4v) is 8.18. The summed E-state index contributed by atoms with van der Waals surface area (Å²) in [7, 11) is 5.23. The van der Waals surface area contributed by atoms with E-state index < -0.39 is 95.3 Å². The molecule has 0 unspecified atom stereocenters. The maximum Gasteiger partial charge on any atom is 0.333 e. The SMILES string of the molecule is CC[C@H]1NC(=O)[C@@H](NC(=O)c2ncccc2F)[C@@H](C)OC(=O)[C@H](c2ccccc2)NC(=O)[C@@H]2CC(=O)CCN2C(=O)[C@H](Cc2ccc(N(C)C)cc2)N(C)C(=O)[C@@H]2CCCN2C1=O. The highest BCUT2D eigenvalue weighted by atomic mass is 19.1. The molecule has 3 aliphatic heterocycles. The Balaban J connectivity index is 1.44. The van der Waals surface area contributed by atoms with Gasteiger partial charge in [-0.15, -0.1) is 0 Å². The van der Waals surface area contributed by atoms with Crippen LogP contribution in [-0.2, 0) is 44.7 Å². The third kappa shape index (κ3) is 10.3. The van der Waals surface area contributed by atoms with Crippen molar-refractivity contribution in [2.75, 3.05) is 39.1 Å². The van der Waals surface area contributed by atoms with Gasteiger partial charge in [-0.2, -0.15) is 0 Å². The molecule has 3 aromatic rings. The second kappa shape index (κ2) is 20.0. The van der Waals surface area contributed by atoms with Crippen LogP contribution in [0.1, 0.15) is 73.6 Å². The van der Waals surface area contributed by atoms with Gasteiger partial charge in [-0.3, -0.25) is 33.6 Å². The number of carbonyl (C=O) groups is 8. The first-order valence-electron chi connectivity index (χ1n) is 21.0. The number of esters is 1. The number of rotatable bonds is 7. The van der Waals surface area contributed by atoms with Crippen LogP contribution in [0.15, 0.2) is 72.9 Å². The zero-order valence-corrected chi connectivity index (χ0v) is 35.9. The van der Waals surface area contributed by atoms with Crippen LogP contribution in [0.5, 0.6) is 0 Å². The number of ketones is 1. The number of fused-ring (bicyclic) bond motifs is 2. The summed E-state index contributed by atoms with van der Waals surface area (Å²) in [6.45, 7) is 2.95. The van der Waals surface area contributed by atoms with E-state index in [0.717, 1.165) is 11.8 Å². The average molecular weight is 869 g/mol. The number of benzene rings is 2. The third-order valence-electron chi connectivity index (χ3n) is 11.8. The normalized spacial score (nSPS) is 25.5. The lowest BCUT2D eigenvalue weighted by atomic mass is 9.95. The number of ether oxygens (including phenoxy) is 1. The van der Waals surface area contributed by atoms with Crippen molar-refractivity contribution in [1.29, 1.82) is 0 Å². The molecule has 3 fully saturated rings. The molecule has 0 radical (unpaired) electrons. The third-order valence-corrected chi connectivity index (χ3v) is 11.8. The zero-order chi connectivity index (χ0) is 45.5. The highest BCUT2D eigenvalue weighted by Crippen LogP contribution is 2.27. The van der Waals surface area contributed by atoms with Crippen LogP contribution in [-0.4, -0.2) is 137 Å². The number of anilines is 1. The molecule has 0 bridgehead atoms. The monoisotopic (exact) mass is 868 g/mol. The lowest BCUT2D eigenvalue weighted by Crippen LogP contribution is -2.61. The van der Waals surface area contributed by atoms with E-state index in [2.05, 4.69) is 20.9 Å². The Kier molecular flexibility index (Phi) is 14.5. The summed E-state index contributed by atoms with van der Waals surface area (Å²) in [6, 6.07) is 9.50. The van der Waals surface area contributed by atoms with Crippen molar-refractivity contribution in [3.63, 3.8) is 0 Å². The summed E-state index contributed by atoms with van der Waals surface area (Å²) < 4.78 is 20.6. The summed E-state index contributed by atoms with van der Waals surface area (Å²) in [6.07, 6.45) is -0.0158. The molecule has 1 aromatic heterocycles. The molecule has 63 heavy (non-hydrogen) atoms. The van der Waals surface area contributed by atoms with Crippen LogP contribution in [0.3, 0.4) is 0 Å². The summed E-state index contributed by atoms with van der Waals surface area (Å²) in [4.78, 5) is 123. The number of cyclic esters (lactones) is 1. The van der Waals surface area contributed by atoms with Gasteiger partial charge in [0.1, 0.15) is 42.1 Å². The van der Waals surface area contributed by atoms with Gasteiger partial charge in [-0.25, -0.2) is 14.2 Å². The molecular formula is C45H53FN8O9. The smallest absolute Gasteiger partial charge is 0.333 e. The maximum atomic E-state index is 15.0. The van der Waals surface area contributed by atoms with Gasteiger partial charge in [0.2, 0.25) is 29.5 Å². The molecule has 3 aliphatic rings. The van der Waals surface area contributed by atoms with Gasteiger partial charge in [-0.05, 0) is 61.6 Å². The molecule has 0 spiro atoms. The van der Waals surface area contributed by atoms with E-state index in [1.165, 1.54) is 40.9 Å². The highest BCUT2D eigenvalue weighted by molar-refractivity contribution is 6.00. The van der Waals surface area contributed by atoms with E-state index in [-0.39, 0.29) is 56.5 Å². The predicted molar refractivity (Wildman–Crippen MR) is 226 cm³/mol. The van der Waals surface area contributed by atoms with Crippen molar-refractivity contribution >= 4 is 52.9 Å². The molecule has 2 aromatic carbocycles. The highest BCUT2D eigenvalue weighted by Gasteiger charge is 2.45. The number of hydrogen-bond donors (Lipinski definition) is 3. The number of likely N-dealkylation sites (N-methyl/N-ethyl adjacent to an activating group) is 1. The number of Topliss-reactive ketones (excluding diaryl/α,β-unsaturated/α-hetero) is 1. The second-order valence-electron chi connectivity index (χ2n) is 16.2. The van der Waals surface area contributed by atoms with Crippen molar-refractivity contribution in [2.45, 2.75) is 94.7 Å². The summed E-state index contributed by atoms with van der Waals surface area (Å²) in [5, 5.41) is 7.71. The Morgan fingerprint density at radius 2 is 1.57 bits per heavy atom. The summed E-state index contributed by atoms with van der Waals surface area (Å²) in [5.74, 6) is -7.08. The second-order valence-corrected chi connectivity index (χ2v) is 16.2. The number of nitrogens with zero attached hydrogens (tertiary/aromatic N) is 5. The minimum atomic E-state index is -1.74. The lowest BCUT2D eigenvalue weighted by Gasteiger charge is -2.40. The summed E-state index contributed by atoms with van der Waals surface area (Å²) >= 11 is 0. The average Bonchev–Trinajstić information content (AvgIpc) is 3.77. The van der Waals surface area contributed by atoms with E-state index in [9.17, 15) is 42.7 Å². The van der Waals surface area contributed by atoms with Crippen molar-refractivity contribution in [2.24, 2.45) is 0 Å². The van der Waals surface area contributed by atoms with Crippen LogP contribution < -0.4 is 20.9 Å². The van der Waals surface area contributed by atoms with Crippen molar-refractivity contribution in [3.8, 4) is 0 Å². The first kappa shape index (κ1) is 45.8. The minimum Gasteiger partial charge on any atom is -0.458 e. The fourth-order valence-electron chi connectivity index (χ4n) is 8.18. The van der Waals surface area contributed by atoms with Gasteiger partial charge in [0.15, 0.2) is 17.6 Å². The zero-order valence-electron chi connectivity index (χ0n) is 35.9. The quantitative estimate of drug-likeness (QED) is 0.292. The predicted octanol–water partition coefficient (Wildman–Crippen LogP) is 1.70. The molecule has 0 aliphatic carbocycles. The minimum absolute atomic E-state index is 0.0221. The van der Waals surface area contributed by atoms with E-state index in [1.54, 1.807) is 37.3 Å². The Morgan fingerprint density at radius 1 is 0.873 bits per heavy atom. The largest absolute Gasteiger partial charge is 0.458 e. The number of hydrogen-bond acceptors (Lipinski definition) is 11. The van der Waals surface area contributed by atoms with Crippen molar-refractivity contribution in [1.82, 2.24) is 35.6 Å². The van der Waals surface area contributed by atoms with Gasteiger partial charge >= 0.3 is 5.97 Å². The number of piperidine rings is 1. The molecule has 334 valence electrons. The Hall–Kier alpha value is -6.72. The molecule has 6 amide bonds. The van der Waals surface area contributed by atoms with Crippen LogP contribution in [0.4, 0.5) is 10.1 Å². The number of nitrogens with one attached hydrogen (secondary N) is 3. The van der Waals surface area contributed by atoms with E-state index >= 15 is 0 Å². The number of halogens is 1. The van der Waals surface area contributed by atoms with Gasteiger partial charge in [0.05, 0.1) is 0 Å². The standard InChI is InChI=1S/C45H53FN8O9/c1-6-32-42(59)53-22-11-15-33(53)43(60)52(5)35(24-27-16-18-29(19-17-27)51(3)4)44(61)54-23-20-30(55)25-34(54)39(56)50-37(28-12-8-7-9-13-28)45(62)63-26(2)36(40(57)48-32)49-41(58)38-31(46)14-10-21-47-38/h7-10,12-14,16-19,21,26,32-37H,6,11,15,20,22-25H2,1-5H3,(H,48,57)(H,49,58)(H,50,56)/t26-,32-,33+,34+,35+,36+,37+/m1/s1. The van der Waals surface area contributed by atoms with Crippen LogP contribution in [0.25, 0.3) is 0 Å². The van der Waals surface area contributed by atoms with Crippen LogP contribution >= 0.6 is 0 Å². The molecule has 17 nitrogen and oxygen atoms in total. The molecule has 7 atom stereocenters. The Bertz CT molecular complexity index is 2220. The first-order chi connectivity index (χ1) is 30.1. The number of aromatic nitrogens is 1.